The number of amides is 1. The summed E-state index contributed by atoms with van der Waals surface area (Å²) in [5.41, 5.74) is 6.90. The SMILES string of the molecule is NCC1(CC(=O)NCc2cccc3c2OCO3)CCCCC1. The van der Waals surface area contributed by atoms with Gasteiger partial charge in [-0.05, 0) is 30.9 Å². The molecule has 0 radical (unpaired) electrons. The molecule has 1 aliphatic carbocycles. The number of nitrogens with two attached hydrogens (primary N) is 1. The Morgan fingerprint density at radius 2 is 2.05 bits per heavy atom. The molecule has 1 heterocycles. The highest BCUT2D eigenvalue weighted by molar-refractivity contribution is 5.76. The van der Waals surface area contributed by atoms with Gasteiger partial charge in [0, 0.05) is 18.5 Å². The minimum atomic E-state index is 0.000575. The van der Waals surface area contributed by atoms with Crippen LogP contribution in [0.1, 0.15) is 44.1 Å². The molecule has 1 fully saturated rings. The van der Waals surface area contributed by atoms with E-state index in [0.29, 0.717) is 19.5 Å². The Hall–Kier alpha value is -1.75. The summed E-state index contributed by atoms with van der Waals surface area (Å²) < 4.78 is 10.8. The number of benzene rings is 1. The Bertz CT molecular complexity index is 539. The fourth-order valence-electron chi connectivity index (χ4n) is 3.48. The summed E-state index contributed by atoms with van der Waals surface area (Å²) >= 11 is 0. The Labute approximate surface area is 131 Å². The molecule has 3 rings (SSSR count). The van der Waals surface area contributed by atoms with Crippen molar-refractivity contribution in [2.75, 3.05) is 13.3 Å². The molecule has 5 heteroatoms. The zero-order valence-corrected chi connectivity index (χ0v) is 12.9. The number of para-hydroxylation sites is 1. The van der Waals surface area contributed by atoms with Crippen molar-refractivity contribution in [1.29, 1.82) is 0 Å². The van der Waals surface area contributed by atoms with Crippen LogP contribution in [0.15, 0.2) is 18.2 Å². The molecule has 1 aromatic rings. The molecule has 2 aliphatic rings. The minimum Gasteiger partial charge on any atom is -0.454 e. The fourth-order valence-corrected chi connectivity index (χ4v) is 3.48. The van der Waals surface area contributed by atoms with E-state index in [1.807, 2.05) is 18.2 Å². The van der Waals surface area contributed by atoms with E-state index in [1.165, 1.54) is 19.3 Å². The van der Waals surface area contributed by atoms with E-state index in [1.54, 1.807) is 0 Å². The molecule has 1 aliphatic heterocycles. The molecule has 0 atom stereocenters. The number of ether oxygens (including phenoxy) is 2. The summed E-state index contributed by atoms with van der Waals surface area (Å²) in [6.07, 6.45) is 6.28. The summed E-state index contributed by atoms with van der Waals surface area (Å²) in [6, 6.07) is 5.74. The number of carbonyl (C=O) groups excluding carboxylic acids is 1. The number of fused-ring (bicyclic) bond motifs is 1. The first-order valence-corrected chi connectivity index (χ1v) is 8.07. The number of nitrogens with one attached hydrogen (secondary N) is 1. The summed E-state index contributed by atoms with van der Waals surface area (Å²) in [6.45, 7) is 1.31. The Morgan fingerprint density at radius 1 is 1.23 bits per heavy atom. The van der Waals surface area contributed by atoms with E-state index in [9.17, 15) is 4.79 Å². The van der Waals surface area contributed by atoms with Crippen molar-refractivity contribution >= 4 is 5.91 Å². The first-order valence-electron chi connectivity index (χ1n) is 8.07. The lowest BCUT2D eigenvalue weighted by molar-refractivity contribution is -0.124. The monoisotopic (exact) mass is 304 g/mol. The molecule has 0 spiro atoms. The van der Waals surface area contributed by atoms with E-state index in [-0.39, 0.29) is 18.1 Å². The lowest BCUT2D eigenvalue weighted by atomic mass is 9.71. The second-order valence-corrected chi connectivity index (χ2v) is 6.37. The van der Waals surface area contributed by atoms with E-state index in [4.69, 9.17) is 15.2 Å². The maximum Gasteiger partial charge on any atom is 0.231 e. The normalized spacial score (nSPS) is 19.0. The largest absolute Gasteiger partial charge is 0.454 e. The van der Waals surface area contributed by atoms with Gasteiger partial charge in [0.2, 0.25) is 12.7 Å². The van der Waals surface area contributed by atoms with Crippen LogP contribution in [-0.2, 0) is 11.3 Å². The molecule has 1 aromatic carbocycles. The predicted octanol–water partition coefficient (Wildman–Crippen LogP) is 2.33. The quantitative estimate of drug-likeness (QED) is 0.875. The molecule has 3 N–H and O–H groups in total. The van der Waals surface area contributed by atoms with Crippen LogP contribution in [0.3, 0.4) is 0 Å². The van der Waals surface area contributed by atoms with Gasteiger partial charge in [-0.25, -0.2) is 0 Å². The van der Waals surface area contributed by atoms with Crippen molar-refractivity contribution in [2.45, 2.75) is 45.1 Å². The van der Waals surface area contributed by atoms with Crippen LogP contribution in [-0.4, -0.2) is 19.2 Å². The second kappa shape index (κ2) is 6.57. The molecule has 1 saturated carbocycles. The predicted molar refractivity (Wildman–Crippen MR) is 83.6 cm³/mol. The smallest absolute Gasteiger partial charge is 0.231 e. The third kappa shape index (κ3) is 3.19. The van der Waals surface area contributed by atoms with Gasteiger partial charge in [0.05, 0.1) is 0 Å². The first kappa shape index (κ1) is 15.2. The highest BCUT2D eigenvalue weighted by Crippen LogP contribution is 2.38. The van der Waals surface area contributed by atoms with Crippen LogP contribution in [0.5, 0.6) is 11.5 Å². The molecule has 0 saturated heterocycles. The molecule has 0 aromatic heterocycles. The van der Waals surface area contributed by atoms with Gasteiger partial charge in [-0.3, -0.25) is 4.79 Å². The van der Waals surface area contributed by atoms with Gasteiger partial charge < -0.3 is 20.5 Å². The highest BCUT2D eigenvalue weighted by atomic mass is 16.7. The van der Waals surface area contributed by atoms with Crippen LogP contribution in [0, 0.1) is 5.41 Å². The van der Waals surface area contributed by atoms with Gasteiger partial charge in [-0.1, -0.05) is 31.4 Å². The number of carbonyl (C=O) groups is 1. The van der Waals surface area contributed by atoms with Gasteiger partial charge >= 0.3 is 0 Å². The zero-order valence-electron chi connectivity index (χ0n) is 12.9. The van der Waals surface area contributed by atoms with Crippen molar-refractivity contribution in [3.8, 4) is 11.5 Å². The molecule has 0 unspecified atom stereocenters. The van der Waals surface area contributed by atoms with Crippen molar-refractivity contribution in [3.05, 3.63) is 23.8 Å². The first-order chi connectivity index (χ1) is 10.7. The average molecular weight is 304 g/mol. The van der Waals surface area contributed by atoms with Gasteiger partial charge in [-0.2, -0.15) is 0 Å². The molecule has 5 nitrogen and oxygen atoms in total. The summed E-state index contributed by atoms with van der Waals surface area (Å²) in [5.74, 6) is 1.57. The van der Waals surface area contributed by atoms with Crippen LogP contribution >= 0.6 is 0 Å². The Morgan fingerprint density at radius 3 is 2.82 bits per heavy atom. The molecular formula is C17H24N2O3. The van der Waals surface area contributed by atoms with Gasteiger partial charge in [0.1, 0.15) is 0 Å². The summed E-state index contributed by atoms with van der Waals surface area (Å²) in [7, 11) is 0. The molecule has 120 valence electrons. The topological polar surface area (TPSA) is 73.6 Å². The lowest BCUT2D eigenvalue weighted by Gasteiger charge is -2.35. The van der Waals surface area contributed by atoms with Gasteiger partial charge in [0.25, 0.3) is 0 Å². The van der Waals surface area contributed by atoms with Crippen LogP contribution in [0.25, 0.3) is 0 Å². The van der Waals surface area contributed by atoms with Crippen LogP contribution < -0.4 is 20.5 Å². The number of hydrogen-bond acceptors (Lipinski definition) is 4. The van der Waals surface area contributed by atoms with Crippen molar-refractivity contribution in [1.82, 2.24) is 5.32 Å². The molecular weight excluding hydrogens is 280 g/mol. The van der Waals surface area contributed by atoms with Crippen molar-refractivity contribution < 1.29 is 14.3 Å². The zero-order chi connectivity index (χ0) is 15.4. The summed E-state index contributed by atoms with van der Waals surface area (Å²) in [5, 5.41) is 3.01. The second-order valence-electron chi connectivity index (χ2n) is 6.37. The maximum absolute atomic E-state index is 12.3. The Balaban J connectivity index is 1.57. The molecule has 22 heavy (non-hydrogen) atoms. The molecule has 0 bridgehead atoms. The maximum atomic E-state index is 12.3. The van der Waals surface area contributed by atoms with Crippen LogP contribution in [0.4, 0.5) is 0 Å². The van der Waals surface area contributed by atoms with E-state index in [0.717, 1.165) is 29.9 Å². The Kier molecular flexibility index (Phi) is 4.52. The number of rotatable bonds is 5. The highest BCUT2D eigenvalue weighted by Gasteiger charge is 2.32. The van der Waals surface area contributed by atoms with Gasteiger partial charge in [0.15, 0.2) is 11.5 Å². The third-order valence-electron chi connectivity index (χ3n) is 4.84. The fraction of sp³-hybridized carbons (Fsp3) is 0.588. The van der Waals surface area contributed by atoms with Gasteiger partial charge in [-0.15, -0.1) is 0 Å². The number of hydrogen-bond donors (Lipinski definition) is 2. The van der Waals surface area contributed by atoms with E-state index < -0.39 is 0 Å². The van der Waals surface area contributed by atoms with E-state index >= 15 is 0 Å². The third-order valence-corrected chi connectivity index (χ3v) is 4.84. The summed E-state index contributed by atoms with van der Waals surface area (Å²) in [4.78, 5) is 12.3. The van der Waals surface area contributed by atoms with Crippen molar-refractivity contribution in [3.63, 3.8) is 0 Å². The van der Waals surface area contributed by atoms with E-state index in [2.05, 4.69) is 5.32 Å². The minimum absolute atomic E-state index is 0.000575. The molecule has 1 amide bonds. The average Bonchev–Trinajstić information content (AvgIpc) is 3.03. The van der Waals surface area contributed by atoms with Crippen molar-refractivity contribution in [2.24, 2.45) is 11.1 Å². The lowest BCUT2D eigenvalue weighted by Crippen LogP contribution is -2.38. The van der Waals surface area contributed by atoms with Crippen LogP contribution in [0.2, 0.25) is 0 Å². The standard InChI is InChI=1S/C17H24N2O3/c18-11-17(7-2-1-3-8-17)9-15(20)19-10-13-5-4-6-14-16(13)22-12-21-14/h4-6H,1-3,7-12,18H2,(H,19,20).